The molecule has 0 heterocycles. The summed E-state index contributed by atoms with van der Waals surface area (Å²) in [7, 11) is 0. The number of benzene rings is 1. The van der Waals surface area contributed by atoms with Crippen molar-refractivity contribution in [3.63, 3.8) is 0 Å². The van der Waals surface area contributed by atoms with Crippen LogP contribution in [0.1, 0.15) is 75.0 Å². The Labute approximate surface area is 150 Å². The topological polar surface area (TPSA) is 49.3 Å². The maximum absolute atomic E-state index is 12.9. The Morgan fingerprint density at radius 2 is 1.92 bits per heavy atom. The summed E-state index contributed by atoms with van der Waals surface area (Å²) in [4.78, 5) is 12.9. The zero-order valence-corrected chi connectivity index (χ0v) is 15.0. The summed E-state index contributed by atoms with van der Waals surface area (Å²) in [5.41, 5.74) is 2.30. The molecule has 1 amide bonds. The van der Waals surface area contributed by atoms with Gasteiger partial charge in [-0.15, -0.1) is 0 Å². The van der Waals surface area contributed by atoms with Crippen LogP contribution < -0.4 is 5.32 Å². The van der Waals surface area contributed by atoms with Gasteiger partial charge in [0.15, 0.2) is 0 Å². The first-order valence-electron chi connectivity index (χ1n) is 10.1. The average Bonchev–Trinajstić information content (AvgIpc) is 2.52. The Kier molecular flexibility index (Phi) is 3.54. The number of hydrogen-bond donors (Lipinski definition) is 2. The molecular weight excluding hydrogens is 310 g/mol. The molecule has 5 aliphatic rings. The number of fused-ring (bicyclic) bond motifs is 1. The highest BCUT2D eigenvalue weighted by atomic mass is 16.3. The van der Waals surface area contributed by atoms with Crippen LogP contribution >= 0.6 is 0 Å². The molecule has 1 aromatic rings. The first-order chi connectivity index (χ1) is 12.0. The van der Waals surface area contributed by atoms with E-state index in [2.05, 4.69) is 29.6 Å². The molecule has 3 heteroatoms. The zero-order chi connectivity index (χ0) is 17.1. The Morgan fingerprint density at radius 1 is 1.16 bits per heavy atom. The number of aliphatic hydroxyl groups is 1. The van der Waals surface area contributed by atoms with Crippen molar-refractivity contribution in [3.8, 4) is 0 Å². The normalized spacial score (nSPS) is 41.4. The first-order valence-corrected chi connectivity index (χ1v) is 10.1. The van der Waals surface area contributed by atoms with Gasteiger partial charge in [0.05, 0.1) is 11.6 Å². The summed E-state index contributed by atoms with van der Waals surface area (Å²) in [6.07, 6.45) is 10.3. The first kappa shape index (κ1) is 15.9. The van der Waals surface area contributed by atoms with Crippen molar-refractivity contribution in [1.29, 1.82) is 0 Å². The minimum Gasteiger partial charge on any atom is -0.390 e. The SMILES string of the molecule is O=C(CC12C[C@@H]3C[C@@H](CC(O)(C3)C1)C2)N[C@@H]1CCCc2ccccc21. The smallest absolute Gasteiger partial charge is 0.221 e. The van der Waals surface area contributed by atoms with E-state index in [1.165, 1.54) is 17.5 Å². The molecule has 134 valence electrons. The molecule has 2 unspecified atom stereocenters. The van der Waals surface area contributed by atoms with Crippen LogP contribution in [-0.2, 0) is 11.2 Å². The third-order valence-corrected chi connectivity index (χ3v) is 7.39. The average molecular weight is 339 g/mol. The van der Waals surface area contributed by atoms with Gasteiger partial charge >= 0.3 is 0 Å². The Balaban J connectivity index is 1.30. The fourth-order valence-electron chi connectivity index (χ4n) is 7.10. The van der Waals surface area contributed by atoms with Crippen LogP contribution in [0.3, 0.4) is 0 Å². The van der Waals surface area contributed by atoms with Gasteiger partial charge in [0.1, 0.15) is 0 Å². The lowest BCUT2D eigenvalue weighted by Gasteiger charge is -2.60. The van der Waals surface area contributed by atoms with Crippen molar-refractivity contribution < 1.29 is 9.90 Å². The van der Waals surface area contributed by atoms with Crippen molar-refractivity contribution in [1.82, 2.24) is 5.32 Å². The molecule has 3 nitrogen and oxygen atoms in total. The van der Waals surface area contributed by atoms with E-state index >= 15 is 0 Å². The van der Waals surface area contributed by atoms with Crippen molar-refractivity contribution >= 4 is 5.91 Å². The maximum atomic E-state index is 12.9. The van der Waals surface area contributed by atoms with E-state index in [0.717, 1.165) is 51.4 Å². The number of nitrogens with one attached hydrogen (secondary N) is 1. The quantitative estimate of drug-likeness (QED) is 0.877. The number of aryl methyl sites for hydroxylation is 1. The van der Waals surface area contributed by atoms with Crippen molar-refractivity contribution in [3.05, 3.63) is 35.4 Å². The molecule has 0 aromatic heterocycles. The second-order valence-corrected chi connectivity index (χ2v) is 9.57. The molecule has 0 saturated heterocycles. The van der Waals surface area contributed by atoms with Gasteiger partial charge in [-0.1, -0.05) is 24.3 Å². The zero-order valence-electron chi connectivity index (χ0n) is 15.0. The monoisotopic (exact) mass is 339 g/mol. The van der Waals surface area contributed by atoms with Crippen molar-refractivity contribution in [2.24, 2.45) is 17.3 Å². The maximum Gasteiger partial charge on any atom is 0.221 e. The van der Waals surface area contributed by atoms with E-state index in [1.807, 2.05) is 0 Å². The molecule has 4 fully saturated rings. The number of carbonyl (C=O) groups is 1. The minimum atomic E-state index is -0.470. The Hall–Kier alpha value is -1.35. The molecule has 25 heavy (non-hydrogen) atoms. The third-order valence-electron chi connectivity index (χ3n) is 7.39. The van der Waals surface area contributed by atoms with Gasteiger partial charge in [-0.05, 0) is 86.2 Å². The molecule has 0 spiro atoms. The van der Waals surface area contributed by atoms with Crippen LogP contribution in [0, 0.1) is 17.3 Å². The molecule has 5 aliphatic carbocycles. The molecule has 1 aromatic carbocycles. The second-order valence-electron chi connectivity index (χ2n) is 9.57. The lowest BCUT2D eigenvalue weighted by Crippen LogP contribution is -2.56. The van der Waals surface area contributed by atoms with Gasteiger partial charge in [0, 0.05) is 6.42 Å². The number of amides is 1. The standard InChI is InChI=1S/C22H29NO2/c24-20(23-19-7-3-5-17-4-1-2-6-18(17)19)13-21-9-15-8-16(10-21)12-22(25,11-15)14-21/h1-2,4,6,15-16,19,25H,3,5,7-14H2,(H,23,24)/t15-,16+,19-,21?,22?/m1/s1. The van der Waals surface area contributed by atoms with E-state index in [-0.39, 0.29) is 17.4 Å². The third kappa shape index (κ3) is 2.81. The Bertz CT molecular complexity index is 683. The van der Waals surface area contributed by atoms with Crippen LogP contribution in [0.5, 0.6) is 0 Å². The summed E-state index contributed by atoms with van der Waals surface area (Å²) in [5.74, 6) is 1.50. The van der Waals surface area contributed by atoms with E-state index in [0.29, 0.717) is 18.3 Å². The number of rotatable bonds is 3. The number of hydrogen-bond acceptors (Lipinski definition) is 2. The minimum absolute atomic E-state index is 0.0666. The van der Waals surface area contributed by atoms with Crippen LogP contribution in [0.25, 0.3) is 0 Å². The number of carbonyl (C=O) groups excluding carboxylic acids is 1. The summed E-state index contributed by atoms with van der Waals surface area (Å²) < 4.78 is 0. The van der Waals surface area contributed by atoms with Gasteiger partial charge in [-0.25, -0.2) is 0 Å². The highest BCUT2D eigenvalue weighted by Gasteiger charge is 2.57. The predicted molar refractivity (Wildman–Crippen MR) is 96.9 cm³/mol. The van der Waals surface area contributed by atoms with E-state index in [1.54, 1.807) is 0 Å². The second kappa shape index (κ2) is 5.57. The lowest BCUT2D eigenvalue weighted by molar-refractivity contribution is -0.169. The molecule has 5 atom stereocenters. The fraction of sp³-hybridized carbons (Fsp3) is 0.682. The summed E-state index contributed by atoms with van der Waals surface area (Å²) in [6.45, 7) is 0. The summed E-state index contributed by atoms with van der Waals surface area (Å²) in [5, 5.41) is 14.2. The van der Waals surface area contributed by atoms with Crippen LogP contribution in [0.4, 0.5) is 0 Å². The van der Waals surface area contributed by atoms with Gasteiger partial charge in [-0.3, -0.25) is 4.79 Å². The summed E-state index contributed by atoms with van der Waals surface area (Å²) >= 11 is 0. The fourth-order valence-corrected chi connectivity index (χ4v) is 7.10. The highest BCUT2D eigenvalue weighted by Crippen LogP contribution is 2.62. The van der Waals surface area contributed by atoms with Gasteiger partial charge in [-0.2, -0.15) is 0 Å². The van der Waals surface area contributed by atoms with E-state index in [4.69, 9.17) is 0 Å². The lowest BCUT2D eigenvalue weighted by atomic mass is 9.47. The molecule has 4 bridgehead atoms. The van der Waals surface area contributed by atoms with Gasteiger partial charge in [0.25, 0.3) is 0 Å². The highest BCUT2D eigenvalue weighted by molar-refractivity contribution is 5.77. The molecule has 4 saturated carbocycles. The largest absolute Gasteiger partial charge is 0.390 e. The van der Waals surface area contributed by atoms with Crippen molar-refractivity contribution in [2.45, 2.75) is 75.9 Å². The Morgan fingerprint density at radius 3 is 2.68 bits per heavy atom. The van der Waals surface area contributed by atoms with Crippen molar-refractivity contribution in [2.75, 3.05) is 0 Å². The summed E-state index contributed by atoms with van der Waals surface area (Å²) in [6, 6.07) is 8.72. The van der Waals surface area contributed by atoms with E-state index < -0.39 is 5.60 Å². The van der Waals surface area contributed by atoms with Gasteiger partial charge in [0.2, 0.25) is 5.91 Å². The van der Waals surface area contributed by atoms with Crippen LogP contribution in [0.2, 0.25) is 0 Å². The predicted octanol–water partition coefficient (Wildman–Crippen LogP) is 3.90. The van der Waals surface area contributed by atoms with Gasteiger partial charge < -0.3 is 10.4 Å². The molecule has 0 aliphatic heterocycles. The van der Waals surface area contributed by atoms with Crippen LogP contribution in [-0.4, -0.2) is 16.6 Å². The molecular formula is C22H29NO2. The molecule has 2 N–H and O–H groups in total. The van der Waals surface area contributed by atoms with E-state index in [9.17, 15) is 9.90 Å². The molecule has 0 radical (unpaired) electrons. The van der Waals surface area contributed by atoms with Crippen LogP contribution in [0.15, 0.2) is 24.3 Å². The molecule has 6 rings (SSSR count).